The van der Waals surface area contributed by atoms with Crippen LogP contribution < -0.4 is 0 Å². The Bertz CT molecular complexity index is 608. The van der Waals surface area contributed by atoms with Gasteiger partial charge in [0.05, 0.1) is 0 Å². The van der Waals surface area contributed by atoms with Gasteiger partial charge in [-0.05, 0) is 0 Å². The molecule has 0 atom stereocenters. The van der Waals surface area contributed by atoms with Gasteiger partial charge in [-0.15, -0.1) is 12.8 Å². The maximum Gasteiger partial charge on any atom is 4.00 e. The summed E-state index contributed by atoms with van der Waals surface area (Å²) < 4.78 is 0. The van der Waals surface area contributed by atoms with Crippen LogP contribution in [0.5, 0.6) is 0 Å². The molecule has 4 rings (SSSR count). The van der Waals surface area contributed by atoms with E-state index in [9.17, 15) is 0 Å². The summed E-state index contributed by atoms with van der Waals surface area (Å²) in [7, 11) is -1.40. The van der Waals surface area contributed by atoms with Crippen molar-refractivity contribution in [3.8, 4) is 0 Å². The molecule has 0 unspecified atom stereocenters. The van der Waals surface area contributed by atoms with Crippen molar-refractivity contribution in [2.75, 3.05) is 0 Å². The first-order valence-electron chi connectivity index (χ1n) is 8.59. The molecule has 0 saturated heterocycles. The van der Waals surface area contributed by atoms with E-state index in [0.717, 1.165) is 12.8 Å². The normalized spacial score (nSPS) is 14.1. The molecule has 0 amide bonds. The molecule has 2 aliphatic carbocycles. The third-order valence-corrected chi connectivity index (χ3v) is 7.33. The second-order valence-electron chi connectivity index (χ2n) is 6.17. The summed E-state index contributed by atoms with van der Waals surface area (Å²) in [5.74, 6) is 0. The van der Waals surface area contributed by atoms with E-state index in [1.807, 2.05) is 60.7 Å². The number of allylic oxidation sites excluding steroid dienone is 8. The van der Waals surface area contributed by atoms with Crippen molar-refractivity contribution >= 4 is 8.07 Å². The van der Waals surface area contributed by atoms with Crippen molar-refractivity contribution < 1.29 is 26.2 Å². The van der Waals surface area contributed by atoms with Gasteiger partial charge in [0.1, 0.15) is 0 Å². The number of benzene rings is 2. The Kier molecular flexibility index (Phi) is 11.1. The Hall–Kier alpha value is -1.50. The van der Waals surface area contributed by atoms with E-state index in [1.165, 1.54) is 10.4 Å². The minimum absolute atomic E-state index is 0. The first-order chi connectivity index (χ1) is 12.2. The summed E-state index contributed by atoms with van der Waals surface area (Å²) in [4.78, 5) is 0. The van der Waals surface area contributed by atoms with E-state index < -0.39 is 8.07 Å². The Labute approximate surface area is 179 Å². The fraction of sp³-hybridized carbons (Fsp3) is 0.167. The molecule has 0 fully saturated rings. The Morgan fingerprint density at radius 2 is 1.04 bits per heavy atom. The predicted octanol–water partition coefficient (Wildman–Crippen LogP) is 6.12. The number of hydrogen-bond acceptors (Lipinski definition) is 0. The van der Waals surface area contributed by atoms with Crippen molar-refractivity contribution in [1.29, 1.82) is 0 Å². The number of hydrogen-bond donors (Lipinski definition) is 0. The van der Waals surface area contributed by atoms with Crippen molar-refractivity contribution in [3.63, 3.8) is 0 Å². The predicted molar refractivity (Wildman–Crippen MR) is 109 cm³/mol. The monoisotopic (exact) mass is 430 g/mol. The van der Waals surface area contributed by atoms with Gasteiger partial charge >= 0.3 is 26.2 Å². The third-order valence-electron chi connectivity index (χ3n) is 3.95. The van der Waals surface area contributed by atoms with Gasteiger partial charge in [-0.25, -0.2) is 22.5 Å². The summed E-state index contributed by atoms with van der Waals surface area (Å²) in [6.45, 7) is 4.76. The van der Waals surface area contributed by atoms with Crippen LogP contribution in [0.1, 0.15) is 12.8 Å². The largest absolute Gasteiger partial charge is 4.00 e. The van der Waals surface area contributed by atoms with Crippen LogP contribution in [0.25, 0.3) is 0 Å². The van der Waals surface area contributed by atoms with Gasteiger partial charge < -0.3 is 0 Å². The standard InChI is InChI=1S/C12H14Si.2C6H5.Zr/c1-13(2,11-7-3-4-8-11)12-9-5-6-10-12;2*1-2-4-6-5-3-1;/h3,5,7,9H,4,6H2,1-2H3;2*1-5H;/q-2;2*-1;+4. The van der Waals surface area contributed by atoms with Gasteiger partial charge in [0.25, 0.3) is 0 Å². The fourth-order valence-electron chi connectivity index (χ4n) is 2.50. The molecule has 128 valence electrons. The minimum Gasteiger partial charge on any atom is -0.273 e. The van der Waals surface area contributed by atoms with Crippen molar-refractivity contribution in [2.45, 2.75) is 25.9 Å². The molecule has 2 aromatic rings. The first-order valence-corrected chi connectivity index (χ1v) is 11.6. The van der Waals surface area contributed by atoms with Gasteiger partial charge in [-0.1, -0.05) is 13.1 Å². The van der Waals surface area contributed by atoms with Crippen LogP contribution in [0.15, 0.2) is 95.4 Å². The zero-order valence-electron chi connectivity index (χ0n) is 15.5. The van der Waals surface area contributed by atoms with Crippen LogP contribution >= 0.6 is 0 Å². The van der Waals surface area contributed by atoms with Gasteiger partial charge in [-0.2, -0.15) is 84.9 Å². The summed E-state index contributed by atoms with van der Waals surface area (Å²) in [6.07, 6.45) is 17.8. The van der Waals surface area contributed by atoms with E-state index in [1.54, 1.807) is 0 Å². The molecule has 2 aromatic carbocycles. The molecule has 2 heteroatoms. The second-order valence-corrected chi connectivity index (χ2v) is 10.5. The maximum absolute atomic E-state index is 3.45. The molecule has 2 aliphatic rings. The number of rotatable bonds is 2. The van der Waals surface area contributed by atoms with Gasteiger partial charge in [0, 0.05) is 8.07 Å². The molecule has 0 radical (unpaired) electrons. The van der Waals surface area contributed by atoms with E-state index in [-0.39, 0.29) is 26.2 Å². The molecule has 26 heavy (non-hydrogen) atoms. The zero-order chi connectivity index (χ0) is 17.8. The van der Waals surface area contributed by atoms with Gasteiger partial charge in [0.15, 0.2) is 0 Å². The molecular weight excluding hydrogens is 408 g/mol. The SMILES string of the molecule is C[Si](C)(C1=[C-]CC=C1)C1=[C-]CC=C1.[Zr+4].[c-]1ccccc1.[c-]1ccccc1. The second kappa shape index (κ2) is 12.8. The molecule has 0 nitrogen and oxygen atoms in total. The van der Waals surface area contributed by atoms with Crippen molar-refractivity contribution in [3.05, 3.63) is 120 Å². The molecule has 0 heterocycles. The first kappa shape index (κ1) is 22.5. The molecule has 0 bridgehead atoms. The average molecular weight is 432 g/mol. The maximum atomic E-state index is 3.45. The smallest absolute Gasteiger partial charge is 0.273 e. The summed E-state index contributed by atoms with van der Waals surface area (Å²) in [5, 5.41) is 2.89. The van der Waals surface area contributed by atoms with Crippen LogP contribution in [0, 0.1) is 24.3 Å². The Morgan fingerprint density at radius 1 is 0.654 bits per heavy atom. The molecule has 0 aliphatic heterocycles. The van der Waals surface area contributed by atoms with Crippen LogP contribution in [0.3, 0.4) is 0 Å². The van der Waals surface area contributed by atoms with Gasteiger partial charge in [-0.3, -0.25) is 12.2 Å². The zero-order valence-corrected chi connectivity index (χ0v) is 19.0. The van der Waals surface area contributed by atoms with Gasteiger partial charge in [0.2, 0.25) is 0 Å². The molecule has 0 spiro atoms. The van der Waals surface area contributed by atoms with E-state index in [0.29, 0.717) is 0 Å². The summed E-state index contributed by atoms with van der Waals surface area (Å²) in [5.41, 5.74) is 0. The molecule has 0 aromatic heterocycles. The van der Waals surface area contributed by atoms with Crippen molar-refractivity contribution in [2.24, 2.45) is 0 Å². The summed E-state index contributed by atoms with van der Waals surface area (Å²) in [6, 6.07) is 25.0. The molecular formula is C24H24SiZr. The Balaban J connectivity index is 0.000000218. The quantitative estimate of drug-likeness (QED) is 0.397. The minimum atomic E-state index is -1.40. The topological polar surface area (TPSA) is 0 Å². The van der Waals surface area contributed by atoms with E-state index >= 15 is 0 Å². The molecule has 0 saturated carbocycles. The Morgan fingerprint density at radius 3 is 1.23 bits per heavy atom. The van der Waals surface area contributed by atoms with Crippen molar-refractivity contribution in [1.82, 2.24) is 0 Å². The van der Waals surface area contributed by atoms with Crippen LogP contribution in [-0.2, 0) is 26.2 Å². The average Bonchev–Trinajstić information content (AvgIpc) is 3.40. The summed E-state index contributed by atoms with van der Waals surface area (Å²) >= 11 is 0. The van der Waals surface area contributed by atoms with Crippen LogP contribution in [-0.4, -0.2) is 8.07 Å². The van der Waals surface area contributed by atoms with E-state index in [2.05, 4.69) is 61.7 Å². The molecule has 0 N–H and O–H groups in total. The third kappa shape index (κ3) is 7.81. The van der Waals surface area contributed by atoms with E-state index in [4.69, 9.17) is 0 Å². The fourth-order valence-corrected chi connectivity index (χ4v) is 4.94. The van der Waals surface area contributed by atoms with Crippen LogP contribution in [0.4, 0.5) is 0 Å². The van der Waals surface area contributed by atoms with Crippen LogP contribution in [0.2, 0.25) is 13.1 Å².